The summed E-state index contributed by atoms with van der Waals surface area (Å²) in [5.74, 6) is -0.105. The van der Waals surface area contributed by atoms with Gasteiger partial charge in [-0.3, -0.25) is 0 Å². The number of aryl methyl sites for hydroxylation is 3. The van der Waals surface area contributed by atoms with E-state index >= 15 is 0 Å². The van der Waals surface area contributed by atoms with Crippen LogP contribution in [-0.4, -0.2) is 27.6 Å². The van der Waals surface area contributed by atoms with Crippen molar-refractivity contribution in [3.63, 3.8) is 0 Å². The quantitative estimate of drug-likeness (QED) is 0.289. The van der Waals surface area contributed by atoms with Crippen LogP contribution in [0.25, 0.3) is 0 Å². The Morgan fingerprint density at radius 3 is 2.35 bits per heavy atom. The number of esters is 1. The van der Waals surface area contributed by atoms with E-state index in [1.54, 1.807) is 32.0 Å². The van der Waals surface area contributed by atoms with E-state index in [4.69, 9.17) is 13.7 Å². The van der Waals surface area contributed by atoms with E-state index in [1.165, 1.54) is 18.2 Å². The predicted molar refractivity (Wildman–Crippen MR) is 117 cm³/mol. The number of hydrogen-bond donors (Lipinski definition) is 0. The van der Waals surface area contributed by atoms with Crippen molar-refractivity contribution in [1.29, 1.82) is 0 Å². The molecule has 0 aliphatic heterocycles. The third kappa shape index (κ3) is 5.86. The lowest BCUT2D eigenvalue weighted by atomic mass is 10.2. The van der Waals surface area contributed by atoms with Gasteiger partial charge in [0.2, 0.25) is 0 Å². The number of hydrogen-bond acceptors (Lipinski definition) is 6. The van der Waals surface area contributed by atoms with E-state index in [0.717, 1.165) is 11.1 Å². The van der Waals surface area contributed by atoms with Crippen molar-refractivity contribution in [1.82, 2.24) is 0 Å². The van der Waals surface area contributed by atoms with E-state index in [2.05, 4.69) is 0 Å². The van der Waals surface area contributed by atoms with Gasteiger partial charge in [0.1, 0.15) is 29.4 Å². The zero-order chi connectivity index (χ0) is 22.4. The zero-order valence-corrected chi connectivity index (χ0v) is 18.4. The number of benzene rings is 3. The smallest absolute Gasteiger partial charge is 0.342 e. The van der Waals surface area contributed by atoms with Crippen LogP contribution in [0.3, 0.4) is 0 Å². The summed E-state index contributed by atoms with van der Waals surface area (Å²) in [6.07, 6.45) is 0. The Kier molecular flexibility index (Phi) is 6.97. The van der Waals surface area contributed by atoms with Crippen molar-refractivity contribution < 1.29 is 26.9 Å². The molecule has 0 unspecified atom stereocenters. The highest BCUT2D eigenvalue weighted by molar-refractivity contribution is 7.87. The van der Waals surface area contributed by atoms with Crippen LogP contribution < -0.4 is 8.92 Å². The SMILES string of the molecule is Cc1cccc(OCCOC(=O)c2ccccc2OS(=O)(=O)c2cc(C)ccc2C)c1. The minimum absolute atomic E-state index is 0.00481. The molecule has 0 aromatic heterocycles. The highest BCUT2D eigenvalue weighted by Crippen LogP contribution is 2.26. The van der Waals surface area contributed by atoms with Gasteiger partial charge in [0.05, 0.1) is 0 Å². The first-order chi connectivity index (χ1) is 14.8. The first-order valence-electron chi connectivity index (χ1n) is 9.73. The summed E-state index contributed by atoms with van der Waals surface area (Å²) >= 11 is 0. The van der Waals surface area contributed by atoms with E-state index < -0.39 is 16.1 Å². The fourth-order valence-corrected chi connectivity index (χ4v) is 4.19. The van der Waals surface area contributed by atoms with E-state index in [0.29, 0.717) is 11.3 Å². The molecule has 0 aliphatic rings. The second-order valence-electron chi connectivity index (χ2n) is 7.10. The van der Waals surface area contributed by atoms with Crippen LogP contribution in [0.2, 0.25) is 0 Å². The maximum atomic E-state index is 12.8. The Labute approximate surface area is 182 Å². The topological polar surface area (TPSA) is 78.9 Å². The molecular formula is C24H24O6S. The van der Waals surface area contributed by atoms with Crippen molar-refractivity contribution in [2.24, 2.45) is 0 Å². The van der Waals surface area contributed by atoms with E-state index in [9.17, 15) is 13.2 Å². The molecular weight excluding hydrogens is 416 g/mol. The molecule has 31 heavy (non-hydrogen) atoms. The van der Waals surface area contributed by atoms with Crippen LogP contribution in [-0.2, 0) is 14.9 Å². The summed E-state index contributed by atoms with van der Waals surface area (Å²) in [7, 11) is -4.12. The molecule has 7 heteroatoms. The second-order valence-corrected chi connectivity index (χ2v) is 8.62. The summed E-state index contributed by atoms with van der Waals surface area (Å²) in [4.78, 5) is 12.6. The fraction of sp³-hybridized carbons (Fsp3) is 0.208. The largest absolute Gasteiger partial charge is 0.490 e. The summed E-state index contributed by atoms with van der Waals surface area (Å²) in [5.41, 5.74) is 2.42. The summed E-state index contributed by atoms with van der Waals surface area (Å²) < 4.78 is 41.7. The van der Waals surface area contributed by atoms with E-state index in [1.807, 2.05) is 37.3 Å². The minimum Gasteiger partial charge on any atom is -0.490 e. The Hall–Kier alpha value is -3.32. The predicted octanol–water partition coefficient (Wildman–Crippen LogP) is 4.62. The van der Waals surface area contributed by atoms with Crippen LogP contribution in [0.4, 0.5) is 0 Å². The van der Waals surface area contributed by atoms with Gasteiger partial charge in [0.15, 0.2) is 5.75 Å². The average Bonchev–Trinajstić information content (AvgIpc) is 2.73. The third-order valence-corrected chi connectivity index (χ3v) is 5.87. The molecule has 3 aromatic rings. The molecule has 162 valence electrons. The van der Waals surface area contributed by atoms with Crippen molar-refractivity contribution in [3.05, 3.63) is 89.0 Å². The number of ether oxygens (including phenoxy) is 2. The molecule has 0 atom stereocenters. The highest BCUT2D eigenvalue weighted by Gasteiger charge is 2.23. The first-order valence-corrected chi connectivity index (χ1v) is 11.1. The zero-order valence-electron chi connectivity index (χ0n) is 17.6. The van der Waals surface area contributed by atoms with Gasteiger partial charge in [-0.25, -0.2) is 4.79 Å². The summed E-state index contributed by atoms with van der Waals surface area (Å²) in [5, 5.41) is 0. The van der Waals surface area contributed by atoms with Gasteiger partial charge >= 0.3 is 16.1 Å². The molecule has 0 bridgehead atoms. The van der Waals surface area contributed by atoms with Gasteiger partial charge in [-0.05, 0) is 67.8 Å². The molecule has 0 amide bonds. The third-order valence-electron chi connectivity index (χ3n) is 4.49. The minimum atomic E-state index is -4.12. The molecule has 3 rings (SSSR count). The lowest BCUT2D eigenvalue weighted by molar-refractivity contribution is 0.0448. The molecule has 0 spiro atoms. The van der Waals surface area contributed by atoms with Crippen LogP contribution in [0.1, 0.15) is 27.0 Å². The van der Waals surface area contributed by atoms with Crippen molar-refractivity contribution in [2.45, 2.75) is 25.7 Å². The van der Waals surface area contributed by atoms with Gasteiger partial charge in [-0.2, -0.15) is 8.42 Å². The van der Waals surface area contributed by atoms with Gasteiger partial charge in [-0.15, -0.1) is 0 Å². The Morgan fingerprint density at radius 1 is 0.839 bits per heavy atom. The number of carbonyl (C=O) groups excluding carboxylic acids is 1. The molecule has 6 nitrogen and oxygen atoms in total. The normalized spacial score (nSPS) is 11.1. The summed E-state index contributed by atoms with van der Waals surface area (Å²) in [6.45, 7) is 5.60. The van der Waals surface area contributed by atoms with Crippen LogP contribution in [0, 0.1) is 20.8 Å². The van der Waals surface area contributed by atoms with Crippen LogP contribution >= 0.6 is 0 Å². The van der Waals surface area contributed by atoms with Crippen molar-refractivity contribution in [3.8, 4) is 11.5 Å². The first kappa shape index (κ1) is 22.4. The molecule has 0 radical (unpaired) electrons. The Balaban J connectivity index is 1.68. The molecule has 0 N–H and O–H groups in total. The maximum Gasteiger partial charge on any atom is 0.342 e. The number of carbonyl (C=O) groups is 1. The molecule has 0 saturated heterocycles. The Bertz CT molecular complexity index is 1180. The standard InChI is InChI=1S/C24H24O6S/c1-17-7-6-8-20(15-17)28-13-14-29-24(25)21-9-4-5-10-22(21)30-31(26,27)23-16-18(2)11-12-19(23)3/h4-12,15-16H,13-14H2,1-3H3. The fourth-order valence-electron chi connectivity index (χ4n) is 2.92. The molecule has 0 saturated carbocycles. The molecule has 0 heterocycles. The van der Waals surface area contributed by atoms with E-state index in [-0.39, 0.29) is 29.4 Å². The monoisotopic (exact) mass is 440 g/mol. The van der Waals surface area contributed by atoms with Crippen LogP contribution in [0.15, 0.2) is 71.6 Å². The highest BCUT2D eigenvalue weighted by atomic mass is 32.2. The second kappa shape index (κ2) is 9.66. The van der Waals surface area contributed by atoms with Crippen molar-refractivity contribution in [2.75, 3.05) is 13.2 Å². The average molecular weight is 441 g/mol. The van der Waals surface area contributed by atoms with Gasteiger partial charge in [0.25, 0.3) is 0 Å². The van der Waals surface area contributed by atoms with Crippen LogP contribution in [0.5, 0.6) is 11.5 Å². The number of para-hydroxylation sites is 1. The maximum absolute atomic E-state index is 12.8. The van der Waals surface area contributed by atoms with Gasteiger partial charge in [-0.1, -0.05) is 36.4 Å². The lowest BCUT2D eigenvalue weighted by Crippen LogP contribution is -2.16. The summed E-state index contributed by atoms with van der Waals surface area (Å²) in [6, 6.07) is 18.7. The Morgan fingerprint density at radius 2 is 1.58 bits per heavy atom. The molecule has 3 aromatic carbocycles. The van der Waals surface area contributed by atoms with Gasteiger partial charge in [0, 0.05) is 0 Å². The lowest BCUT2D eigenvalue weighted by Gasteiger charge is -2.13. The number of rotatable bonds is 8. The van der Waals surface area contributed by atoms with Gasteiger partial charge < -0.3 is 13.7 Å². The van der Waals surface area contributed by atoms with Crippen molar-refractivity contribution >= 4 is 16.1 Å². The molecule has 0 aliphatic carbocycles. The molecule has 0 fully saturated rings.